The first-order valence-electron chi connectivity index (χ1n) is 8.46. The van der Waals surface area contributed by atoms with Crippen LogP contribution in [0.1, 0.15) is 18.9 Å². The van der Waals surface area contributed by atoms with Gasteiger partial charge in [-0.1, -0.05) is 12.1 Å². The van der Waals surface area contributed by atoms with Crippen molar-refractivity contribution < 1.29 is 24.3 Å². The lowest BCUT2D eigenvalue weighted by Gasteiger charge is -2.16. The van der Waals surface area contributed by atoms with Gasteiger partial charge in [-0.05, 0) is 43.2 Å². The van der Waals surface area contributed by atoms with E-state index >= 15 is 0 Å². The maximum absolute atomic E-state index is 12.0. The van der Waals surface area contributed by atoms with E-state index in [1.165, 1.54) is 36.4 Å². The summed E-state index contributed by atoms with van der Waals surface area (Å²) in [6.07, 6.45) is 0.524. The standard InChI is InChI=1S/C19H22N2O6.ClH/c1-13(27-17-8-4-15(5-9-17)21(24)25)10-11-26-19(23)18(20)12-14-2-6-16(22)7-3-14;/h2-9,13,18,22H,10-12,20H2,1H3;1H. The lowest BCUT2D eigenvalue weighted by Crippen LogP contribution is -2.35. The first-order valence-corrected chi connectivity index (χ1v) is 8.46. The minimum Gasteiger partial charge on any atom is -0.508 e. The molecule has 9 heteroatoms. The average molecular weight is 411 g/mol. The Morgan fingerprint density at radius 3 is 2.36 bits per heavy atom. The molecule has 152 valence electrons. The third-order valence-corrected chi connectivity index (χ3v) is 3.85. The number of carbonyl (C=O) groups is 1. The summed E-state index contributed by atoms with van der Waals surface area (Å²) >= 11 is 0. The highest BCUT2D eigenvalue weighted by molar-refractivity contribution is 5.85. The highest BCUT2D eigenvalue weighted by atomic mass is 35.5. The zero-order valence-corrected chi connectivity index (χ0v) is 16.1. The van der Waals surface area contributed by atoms with E-state index in [4.69, 9.17) is 15.2 Å². The number of benzene rings is 2. The van der Waals surface area contributed by atoms with Crippen LogP contribution in [0.25, 0.3) is 0 Å². The second kappa shape index (κ2) is 11.1. The summed E-state index contributed by atoms with van der Waals surface area (Å²) in [4.78, 5) is 22.1. The number of rotatable bonds is 9. The minimum atomic E-state index is -0.791. The lowest BCUT2D eigenvalue weighted by molar-refractivity contribution is -0.384. The van der Waals surface area contributed by atoms with Gasteiger partial charge < -0.3 is 20.3 Å². The van der Waals surface area contributed by atoms with Gasteiger partial charge in [0, 0.05) is 18.6 Å². The van der Waals surface area contributed by atoms with E-state index in [2.05, 4.69) is 0 Å². The average Bonchev–Trinajstić information content (AvgIpc) is 2.64. The first kappa shape index (κ1) is 23.2. The van der Waals surface area contributed by atoms with Crippen LogP contribution in [0.2, 0.25) is 0 Å². The number of nitro benzene ring substituents is 1. The number of ether oxygens (including phenoxy) is 2. The van der Waals surface area contributed by atoms with E-state index < -0.39 is 16.9 Å². The molecule has 2 aromatic rings. The number of phenols is 1. The van der Waals surface area contributed by atoms with Crippen LogP contribution in [0.3, 0.4) is 0 Å². The Morgan fingerprint density at radius 1 is 1.18 bits per heavy atom. The molecule has 0 saturated carbocycles. The molecule has 0 amide bonds. The molecule has 0 aliphatic carbocycles. The van der Waals surface area contributed by atoms with E-state index in [0.29, 0.717) is 18.6 Å². The number of nitro groups is 1. The van der Waals surface area contributed by atoms with Crippen LogP contribution in [-0.2, 0) is 16.0 Å². The number of non-ortho nitro benzene ring substituents is 1. The third-order valence-electron chi connectivity index (χ3n) is 3.85. The Morgan fingerprint density at radius 2 is 1.79 bits per heavy atom. The number of phenolic OH excluding ortho intramolecular Hbond substituents is 1. The van der Waals surface area contributed by atoms with Gasteiger partial charge in [0.15, 0.2) is 0 Å². The highest BCUT2D eigenvalue weighted by Crippen LogP contribution is 2.19. The summed E-state index contributed by atoms with van der Waals surface area (Å²) in [5.74, 6) is 0.144. The topological polar surface area (TPSA) is 125 Å². The number of nitrogens with zero attached hydrogens (tertiary/aromatic N) is 1. The number of hydrogen-bond donors (Lipinski definition) is 2. The molecular formula is C19H23ClN2O6. The molecule has 2 aromatic carbocycles. The van der Waals surface area contributed by atoms with Crippen molar-refractivity contribution in [2.24, 2.45) is 5.73 Å². The SMILES string of the molecule is CC(CCOC(=O)C(N)Cc1ccc(O)cc1)Oc1ccc([N+](=O)[O-])cc1.Cl. The van der Waals surface area contributed by atoms with Gasteiger partial charge in [-0.3, -0.25) is 14.9 Å². The van der Waals surface area contributed by atoms with Crippen molar-refractivity contribution in [3.05, 3.63) is 64.2 Å². The second-order valence-corrected chi connectivity index (χ2v) is 6.11. The number of aromatic hydroxyl groups is 1. The molecule has 0 heterocycles. The molecule has 2 atom stereocenters. The minimum absolute atomic E-state index is 0. The van der Waals surface area contributed by atoms with Gasteiger partial charge in [0.05, 0.1) is 17.6 Å². The summed E-state index contributed by atoms with van der Waals surface area (Å²) < 4.78 is 10.8. The van der Waals surface area contributed by atoms with E-state index in [1.807, 2.05) is 6.92 Å². The maximum Gasteiger partial charge on any atom is 0.323 e. The van der Waals surface area contributed by atoms with Gasteiger partial charge in [-0.15, -0.1) is 12.4 Å². The summed E-state index contributed by atoms with van der Waals surface area (Å²) in [6, 6.07) is 11.4. The molecule has 0 bridgehead atoms. The van der Waals surface area contributed by atoms with E-state index in [1.54, 1.807) is 12.1 Å². The van der Waals surface area contributed by atoms with Crippen LogP contribution in [0.15, 0.2) is 48.5 Å². The van der Waals surface area contributed by atoms with Gasteiger partial charge >= 0.3 is 5.97 Å². The van der Waals surface area contributed by atoms with E-state index in [0.717, 1.165) is 5.56 Å². The van der Waals surface area contributed by atoms with Crippen LogP contribution in [-0.4, -0.2) is 34.8 Å². The van der Waals surface area contributed by atoms with Gasteiger partial charge in [0.1, 0.15) is 17.5 Å². The molecule has 0 spiro atoms. The maximum atomic E-state index is 12.0. The lowest BCUT2D eigenvalue weighted by atomic mass is 10.1. The van der Waals surface area contributed by atoms with E-state index in [9.17, 15) is 20.0 Å². The number of esters is 1. The third kappa shape index (κ3) is 7.42. The predicted octanol–water partition coefficient (Wildman–Crippen LogP) is 2.99. The normalized spacial score (nSPS) is 12.4. The number of hydrogen-bond acceptors (Lipinski definition) is 7. The summed E-state index contributed by atoms with van der Waals surface area (Å²) in [5, 5.41) is 19.9. The monoisotopic (exact) mass is 410 g/mol. The predicted molar refractivity (Wildman–Crippen MR) is 106 cm³/mol. The number of nitrogens with two attached hydrogens (primary N) is 1. The van der Waals surface area contributed by atoms with Crippen molar-refractivity contribution in [1.29, 1.82) is 0 Å². The van der Waals surface area contributed by atoms with Gasteiger partial charge in [0.2, 0.25) is 0 Å². The molecule has 2 rings (SSSR count). The fraction of sp³-hybridized carbons (Fsp3) is 0.316. The Labute approximate surface area is 168 Å². The van der Waals surface area contributed by atoms with E-state index in [-0.39, 0.29) is 36.6 Å². The molecule has 0 radical (unpaired) electrons. The largest absolute Gasteiger partial charge is 0.508 e. The molecule has 3 N–H and O–H groups in total. The molecule has 8 nitrogen and oxygen atoms in total. The smallest absolute Gasteiger partial charge is 0.323 e. The first-order chi connectivity index (χ1) is 12.8. The van der Waals surface area contributed by atoms with Crippen molar-refractivity contribution in [3.8, 4) is 11.5 Å². The molecule has 0 aromatic heterocycles. The van der Waals surface area contributed by atoms with Crippen LogP contribution in [0.5, 0.6) is 11.5 Å². The summed E-state index contributed by atoms with van der Waals surface area (Å²) in [5.41, 5.74) is 6.66. The summed E-state index contributed by atoms with van der Waals surface area (Å²) in [7, 11) is 0. The fourth-order valence-electron chi connectivity index (χ4n) is 2.34. The number of carbonyl (C=O) groups excluding carboxylic acids is 1. The quantitative estimate of drug-likeness (QED) is 0.369. The van der Waals surface area contributed by atoms with Crippen molar-refractivity contribution >= 4 is 24.1 Å². The van der Waals surface area contributed by atoms with Crippen LogP contribution < -0.4 is 10.5 Å². The zero-order chi connectivity index (χ0) is 19.8. The molecule has 28 heavy (non-hydrogen) atoms. The van der Waals surface area contributed by atoms with Gasteiger partial charge in [-0.2, -0.15) is 0 Å². The molecular weight excluding hydrogens is 388 g/mol. The fourth-order valence-corrected chi connectivity index (χ4v) is 2.34. The number of halogens is 1. The van der Waals surface area contributed by atoms with Crippen molar-refractivity contribution in [2.45, 2.75) is 31.9 Å². The summed E-state index contributed by atoms with van der Waals surface area (Å²) in [6.45, 7) is 1.96. The van der Waals surface area contributed by atoms with Gasteiger partial charge in [-0.25, -0.2) is 0 Å². The molecule has 0 fully saturated rings. The molecule has 0 aliphatic rings. The van der Waals surface area contributed by atoms with Gasteiger partial charge in [0.25, 0.3) is 5.69 Å². The Bertz CT molecular complexity index is 767. The molecule has 0 saturated heterocycles. The zero-order valence-electron chi connectivity index (χ0n) is 15.3. The molecule has 0 aliphatic heterocycles. The van der Waals surface area contributed by atoms with Crippen LogP contribution >= 0.6 is 12.4 Å². The van der Waals surface area contributed by atoms with Crippen molar-refractivity contribution in [2.75, 3.05) is 6.61 Å². The van der Waals surface area contributed by atoms with Crippen molar-refractivity contribution in [1.82, 2.24) is 0 Å². The second-order valence-electron chi connectivity index (χ2n) is 6.11. The Hall–Kier alpha value is -2.84. The van der Waals surface area contributed by atoms with Crippen LogP contribution in [0, 0.1) is 10.1 Å². The Balaban J connectivity index is 0.00000392. The Kier molecular flexibility index (Phi) is 9.20. The van der Waals surface area contributed by atoms with Crippen molar-refractivity contribution in [3.63, 3.8) is 0 Å². The highest BCUT2D eigenvalue weighted by Gasteiger charge is 2.16. The van der Waals surface area contributed by atoms with Crippen LogP contribution in [0.4, 0.5) is 5.69 Å². The molecule has 2 unspecified atom stereocenters.